The van der Waals surface area contributed by atoms with Gasteiger partial charge in [-0.25, -0.2) is 0 Å². The van der Waals surface area contributed by atoms with Gasteiger partial charge in [-0.1, -0.05) is 31.0 Å². The zero-order valence-electron chi connectivity index (χ0n) is 13.3. The smallest absolute Gasteiger partial charge is 0.0363 e. The van der Waals surface area contributed by atoms with Crippen LogP contribution in [-0.4, -0.2) is 38.1 Å². The molecule has 108 valence electrons. The lowest BCUT2D eigenvalue weighted by molar-refractivity contribution is 0.244. The fourth-order valence-corrected chi connectivity index (χ4v) is 2.16. The highest BCUT2D eigenvalue weighted by molar-refractivity contribution is 5.46. The van der Waals surface area contributed by atoms with E-state index in [9.17, 15) is 0 Å². The number of aryl methyl sites for hydroxylation is 1. The summed E-state index contributed by atoms with van der Waals surface area (Å²) >= 11 is 0. The molecule has 0 aliphatic rings. The van der Waals surface area contributed by atoms with E-state index in [0.717, 1.165) is 6.54 Å². The Kier molecular flexibility index (Phi) is 6.93. The quantitative estimate of drug-likeness (QED) is 0.700. The molecule has 1 unspecified atom stereocenters. The molecule has 0 N–H and O–H groups in total. The summed E-state index contributed by atoms with van der Waals surface area (Å²) in [6.07, 6.45) is 3.79. The maximum atomic E-state index is 2.48. The number of anilines is 1. The van der Waals surface area contributed by atoms with Crippen LogP contribution in [0.4, 0.5) is 5.69 Å². The van der Waals surface area contributed by atoms with Crippen molar-refractivity contribution in [3.05, 3.63) is 29.8 Å². The molecule has 0 radical (unpaired) electrons. The summed E-state index contributed by atoms with van der Waals surface area (Å²) in [4.78, 5) is 4.83. The molecule has 0 aliphatic heterocycles. The van der Waals surface area contributed by atoms with Crippen LogP contribution in [0.25, 0.3) is 0 Å². The molecule has 0 bridgehead atoms. The molecule has 19 heavy (non-hydrogen) atoms. The second kappa shape index (κ2) is 8.21. The third-order valence-electron chi connectivity index (χ3n) is 3.97. The van der Waals surface area contributed by atoms with E-state index in [2.05, 4.69) is 68.9 Å². The fourth-order valence-electron chi connectivity index (χ4n) is 2.16. The van der Waals surface area contributed by atoms with Gasteiger partial charge in [0.15, 0.2) is 0 Å². The lowest BCUT2D eigenvalue weighted by Gasteiger charge is -2.27. The molecule has 0 aromatic heterocycles. The molecule has 0 heterocycles. The van der Waals surface area contributed by atoms with E-state index in [1.54, 1.807) is 0 Å². The van der Waals surface area contributed by atoms with E-state index >= 15 is 0 Å². The Balaban J connectivity index is 2.36. The van der Waals surface area contributed by atoms with Crippen molar-refractivity contribution < 1.29 is 0 Å². The minimum atomic E-state index is 0.652. The highest BCUT2D eigenvalue weighted by Gasteiger charge is 2.09. The number of nitrogens with zero attached hydrogens (tertiary/aromatic N) is 2. The van der Waals surface area contributed by atoms with Crippen LogP contribution in [0.3, 0.4) is 0 Å². The summed E-state index contributed by atoms with van der Waals surface area (Å²) in [6, 6.07) is 9.44. The molecule has 0 saturated heterocycles. The lowest BCUT2D eigenvalue weighted by atomic mass is 10.1. The van der Waals surface area contributed by atoms with Crippen LogP contribution in [0.1, 0.15) is 38.7 Å². The number of rotatable bonds is 8. The van der Waals surface area contributed by atoms with Crippen LogP contribution in [0.5, 0.6) is 0 Å². The van der Waals surface area contributed by atoms with Gasteiger partial charge in [-0.15, -0.1) is 0 Å². The highest BCUT2D eigenvalue weighted by atomic mass is 15.1. The fraction of sp³-hybridized carbons (Fsp3) is 0.647. The normalized spacial score (nSPS) is 12.7. The van der Waals surface area contributed by atoms with Gasteiger partial charge in [-0.3, -0.25) is 0 Å². The van der Waals surface area contributed by atoms with Crippen molar-refractivity contribution in [3.8, 4) is 0 Å². The van der Waals surface area contributed by atoms with Crippen molar-refractivity contribution >= 4 is 5.69 Å². The SMILES string of the molecule is CCCCN(C)C(C)CCN(C)c1ccc(C)cc1. The topological polar surface area (TPSA) is 6.48 Å². The van der Waals surface area contributed by atoms with Crippen LogP contribution < -0.4 is 4.90 Å². The molecule has 0 aliphatic carbocycles. The van der Waals surface area contributed by atoms with E-state index in [-0.39, 0.29) is 0 Å². The van der Waals surface area contributed by atoms with Gasteiger partial charge in [0.25, 0.3) is 0 Å². The Bertz CT molecular complexity index is 345. The predicted octanol–water partition coefficient (Wildman–Crippen LogP) is 3.94. The van der Waals surface area contributed by atoms with Crippen LogP contribution in [0.2, 0.25) is 0 Å². The zero-order chi connectivity index (χ0) is 14.3. The monoisotopic (exact) mass is 262 g/mol. The summed E-state index contributed by atoms with van der Waals surface area (Å²) in [7, 11) is 4.43. The van der Waals surface area contributed by atoms with Gasteiger partial charge in [-0.2, -0.15) is 0 Å². The van der Waals surface area contributed by atoms with Crippen molar-refractivity contribution in [3.63, 3.8) is 0 Å². The van der Waals surface area contributed by atoms with Crippen molar-refractivity contribution in [1.82, 2.24) is 4.90 Å². The number of benzene rings is 1. The lowest BCUT2D eigenvalue weighted by Crippen LogP contribution is -2.33. The molecule has 1 rings (SSSR count). The molecule has 2 nitrogen and oxygen atoms in total. The Labute approximate surface area is 119 Å². The molecule has 2 heteroatoms. The summed E-state index contributed by atoms with van der Waals surface area (Å²) in [6.45, 7) is 9.05. The largest absolute Gasteiger partial charge is 0.375 e. The average Bonchev–Trinajstić information content (AvgIpc) is 2.42. The average molecular weight is 262 g/mol. The maximum absolute atomic E-state index is 2.48. The first-order valence-corrected chi connectivity index (χ1v) is 7.52. The molecular formula is C17H30N2. The second-order valence-electron chi connectivity index (χ2n) is 5.73. The van der Waals surface area contributed by atoms with Crippen LogP contribution in [0, 0.1) is 6.92 Å². The molecular weight excluding hydrogens is 232 g/mol. The summed E-state index contributed by atoms with van der Waals surface area (Å²) < 4.78 is 0. The Hall–Kier alpha value is -1.02. The Morgan fingerprint density at radius 2 is 1.68 bits per heavy atom. The van der Waals surface area contributed by atoms with Gasteiger partial charge in [-0.05, 0) is 52.4 Å². The summed E-state index contributed by atoms with van der Waals surface area (Å²) in [5, 5.41) is 0. The van der Waals surface area contributed by atoms with Crippen LogP contribution in [-0.2, 0) is 0 Å². The van der Waals surface area contributed by atoms with Crippen LogP contribution in [0.15, 0.2) is 24.3 Å². The molecule has 0 fully saturated rings. The van der Waals surface area contributed by atoms with Gasteiger partial charge in [0.1, 0.15) is 0 Å². The van der Waals surface area contributed by atoms with Crippen molar-refractivity contribution in [2.75, 3.05) is 32.1 Å². The van der Waals surface area contributed by atoms with Gasteiger partial charge < -0.3 is 9.80 Å². The Morgan fingerprint density at radius 1 is 1.05 bits per heavy atom. The van der Waals surface area contributed by atoms with Crippen molar-refractivity contribution in [2.24, 2.45) is 0 Å². The van der Waals surface area contributed by atoms with E-state index in [1.807, 2.05) is 0 Å². The highest BCUT2D eigenvalue weighted by Crippen LogP contribution is 2.14. The number of hydrogen-bond donors (Lipinski definition) is 0. The minimum absolute atomic E-state index is 0.652. The molecule has 0 amide bonds. The van der Waals surface area contributed by atoms with E-state index < -0.39 is 0 Å². The van der Waals surface area contributed by atoms with Gasteiger partial charge in [0.2, 0.25) is 0 Å². The third kappa shape index (κ3) is 5.65. The maximum Gasteiger partial charge on any atom is 0.0363 e. The first kappa shape index (κ1) is 16.0. The molecule has 0 saturated carbocycles. The van der Waals surface area contributed by atoms with Crippen molar-refractivity contribution in [1.29, 1.82) is 0 Å². The molecule has 0 spiro atoms. The first-order valence-electron chi connectivity index (χ1n) is 7.52. The first-order chi connectivity index (χ1) is 9.04. The van der Waals surface area contributed by atoms with E-state index in [0.29, 0.717) is 6.04 Å². The third-order valence-corrected chi connectivity index (χ3v) is 3.97. The molecule has 1 aromatic rings. The minimum Gasteiger partial charge on any atom is -0.375 e. The van der Waals surface area contributed by atoms with Crippen LogP contribution >= 0.6 is 0 Å². The van der Waals surface area contributed by atoms with Gasteiger partial charge in [0, 0.05) is 25.3 Å². The summed E-state index contributed by atoms with van der Waals surface area (Å²) in [5.41, 5.74) is 2.64. The zero-order valence-corrected chi connectivity index (χ0v) is 13.3. The van der Waals surface area contributed by atoms with Gasteiger partial charge in [0.05, 0.1) is 0 Å². The van der Waals surface area contributed by atoms with E-state index in [1.165, 1.54) is 37.1 Å². The number of hydrogen-bond acceptors (Lipinski definition) is 2. The standard InChI is InChI=1S/C17H30N2/c1-6-7-13-18(4)16(3)12-14-19(5)17-10-8-15(2)9-11-17/h8-11,16H,6-7,12-14H2,1-5H3. The predicted molar refractivity (Wildman–Crippen MR) is 86.1 cm³/mol. The van der Waals surface area contributed by atoms with Gasteiger partial charge >= 0.3 is 0 Å². The number of unbranched alkanes of at least 4 members (excludes halogenated alkanes) is 1. The molecule has 1 atom stereocenters. The molecule has 1 aromatic carbocycles. The Morgan fingerprint density at radius 3 is 2.26 bits per heavy atom. The van der Waals surface area contributed by atoms with E-state index in [4.69, 9.17) is 0 Å². The summed E-state index contributed by atoms with van der Waals surface area (Å²) in [5.74, 6) is 0. The second-order valence-corrected chi connectivity index (χ2v) is 5.73. The van der Waals surface area contributed by atoms with Crippen molar-refractivity contribution in [2.45, 2.75) is 46.1 Å².